The van der Waals surface area contributed by atoms with E-state index in [1.54, 1.807) is 0 Å². The van der Waals surface area contributed by atoms with Crippen LogP contribution in [0.5, 0.6) is 0 Å². The summed E-state index contributed by atoms with van der Waals surface area (Å²) < 4.78 is 0. The number of carbonyl (C=O) groups excluding carboxylic acids is 2. The quantitative estimate of drug-likeness (QED) is 0.578. The molecule has 0 bridgehead atoms. The molecule has 1 aliphatic rings. The summed E-state index contributed by atoms with van der Waals surface area (Å²) in [5.41, 5.74) is 5.53. The monoisotopic (exact) mass is 208 g/mol. The Morgan fingerprint density at radius 1 is 1.80 bits per heavy atom. The van der Waals surface area contributed by atoms with Crippen molar-refractivity contribution in [2.45, 2.75) is 12.5 Å². The van der Waals surface area contributed by atoms with Crippen molar-refractivity contribution in [2.75, 3.05) is 13.6 Å². The Bertz CT molecular complexity index is 356. The second-order valence-corrected chi connectivity index (χ2v) is 3.04. The zero-order valence-corrected chi connectivity index (χ0v) is 8.36. The number of amidine groups is 1. The lowest BCUT2D eigenvalue weighted by molar-refractivity contribution is -0.121. The largest absolute Gasteiger partial charge is 0.385 e. The molecule has 80 valence electrons. The van der Waals surface area contributed by atoms with E-state index in [1.165, 1.54) is 11.9 Å². The second kappa shape index (κ2) is 4.46. The minimum atomic E-state index is -0.520. The minimum Gasteiger partial charge on any atom is -0.385 e. The van der Waals surface area contributed by atoms with E-state index in [0.29, 0.717) is 0 Å². The van der Waals surface area contributed by atoms with Gasteiger partial charge in [0, 0.05) is 7.05 Å². The second-order valence-electron chi connectivity index (χ2n) is 3.04. The predicted molar refractivity (Wildman–Crippen MR) is 55.0 cm³/mol. The van der Waals surface area contributed by atoms with Gasteiger partial charge >= 0.3 is 6.03 Å². The van der Waals surface area contributed by atoms with Gasteiger partial charge in [-0.3, -0.25) is 4.79 Å². The Morgan fingerprint density at radius 2 is 2.47 bits per heavy atom. The third kappa shape index (κ3) is 2.26. The van der Waals surface area contributed by atoms with Crippen LogP contribution in [0.2, 0.25) is 0 Å². The van der Waals surface area contributed by atoms with E-state index in [2.05, 4.69) is 16.2 Å². The van der Waals surface area contributed by atoms with E-state index < -0.39 is 12.1 Å². The highest BCUT2D eigenvalue weighted by molar-refractivity contribution is 6.04. The van der Waals surface area contributed by atoms with Gasteiger partial charge in [-0.15, -0.1) is 6.42 Å². The van der Waals surface area contributed by atoms with Crippen LogP contribution in [0.1, 0.15) is 6.42 Å². The molecule has 3 amide bonds. The van der Waals surface area contributed by atoms with Crippen LogP contribution in [0.4, 0.5) is 4.79 Å². The highest BCUT2D eigenvalue weighted by Gasteiger charge is 2.33. The Morgan fingerprint density at radius 3 is 3.00 bits per heavy atom. The Kier molecular flexibility index (Phi) is 3.29. The number of aliphatic imine (C=N–C) groups is 1. The lowest BCUT2D eigenvalue weighted by Crippen LogP contribution is -2.43. The fourth-order valence-electron chi connectivity index (χ4n) is 1.31. The van der Waals surface area contributed by atoms with E-state index in [0.717, 1.165) is 0 Å². The van der Waals surface area contributed by atoms with Gasteiger partial charge in [-0.1, -0.05) is 5.92 Å². The molecule has 1 aliphatic heterocycles. The molecule has 0 fully saturated rings. The van der Waals surface area contributed by atoms with Gasteiger partial charge in [-0.05, 0) is 0 Å². The molecule has 0 aliphatic carbocycles. The summed E-state index contributed by atoms with van der Waals surface area (Å²) in [5, 5.41) is 2.45. The molecule has 3 N–H and O–H groups in total. The summed E-state index contributed by atoms with van der Waals surface area (Å²) >= 11 is 0. The molecule has 1 rings (SSSR count). The van der Waals surface area contributed by atoms with Crippen molar-refractivity contribution in [3.8, 4) is 12.3 Å². The van der Waals surface area contributed by atoms with Crippen LogP contribution in [-0.4, -0.2) is 42.3 Å². The lowest BCUT2D eigenvalue weighted by atomic mass is 10.1. The van der Waals surface area contributed by atoms with Crippen LogP contribution in [0, 0.1) is 12.3 Å². The van der Waals surface area contributed by atoms with Crippen molar-refractivity contribution in [3.05, 3.63) is 0 Å². The molecule has 0 aromatic carbocycles. The van der Waals surface area contributed by atoms with E-state index in [4.69, 9.17) is 12.2 Å². The minimum absolute atomic E-state index is 0.0826. The predicted octanol–water partition coefficient (Wildman–Crippen LogP) is -1.08. The fraction of sp³-hybridized carbons (Fsp3) is 0.444. The number of rotatable bonds is 3. The number of nitrogens with one attached hydrogen (secondary N) is 1. The SMILES string of the molecule is C#CCN1C(=O)N=C(N)C1CC(=O)NC. The maximum Gasteiger partial charge on any atom is 0.346 e. The van der Waals surface area contributed by atoms with Crippen LogP contribution < -0.4 is 11.1 Å². The Balaban J connectivity index is 2.76. The van der Waals surface area contributed by atoms with Crippen molar-refractivity contribution >= 4 is 17.8 Å². The molecule has 1 unspecified atom stereocenters. The van der Waals surface area contributed by atoms with Crippen molar-refractivity contribution in [1.29, 1.82) is 0 Å². The average Bonchev–Trinajstić information content (AvgIpc) is 2.45. The summed E-state index contributed by atoms with van der Waals surface area (Å²) in [6.45, 7) is 0.102. The van der Waals surface area contributed by atoms with E-state index in [1.807, 2.05) is 0 Å². The zero-order valence-electron chi connectivity index (χ0n) is 8.36. The van der Waals surface area contributed by atoms with Crippen LogP contribution in [-0.2, 0) is 4.79 Å². The standard InChI is InChI=1S/C9H12N4O2/c1-3-4-13-6(5-7(14)11-2)8(10)12-9(13)15/h1,6H,4-5H2,2H3,(H,11,14)(H2,10,12,15). The van der Waals surface area contributed by atoms with Gasteiger partial charge in [0.05, 0.1) is 13.0 Å². The number of amides is 3. The van der Waals surface area contributed by atoms with Crippen LogP contribution in [0.15, 0.2) is 4.99 Å². The first-order valence-electron chi connectivity index (χ1n) is 4.38. The van der Waals surface area contributed by atoms with Gasteiger partial charge in [0.1, 0.15) is 11.9 Å². The Labute approximate surface area is 87.5 Å². The third-order valence-corrected chi connectivity index (χ3v) is 2.11. The summed E-state index contributed by atoms with van der Waals surface area (Å²) in [6, 6.07) is -1.01. The highest BCUT2D eigenvalue weighted by atomic mass is 16.2. The number of carbonyl (C=O) groups is 2. The summed E-state index contributed by atoms with van der Waals surface area (Å²) in [4.78, 5) is 27.3. The molecule has 6 nitrogen and oxygen atoms in total. The molecule has 0 aromatic rings. The van der Waals surface area contributed by atoms with Gasteiger partial charge in [0.2, 0.25) is 5.91 Å². The van der Waals surface area contributed by atoms with Gasteiger partial charge < -0.3 is 16.0 Å². The summed E-state index contributed by atoms with van der Waals surface area (Å²) in [6.07, 6.45) is 5.19. The first-order chi connectivity index (χ1) is 7.10. The number of nitrogens with two attached hydrogens (primary N) is 1. The van der Waals surface area contributed by atoms with Crippen molar-refractivity contribution in [2.24, 2.45) is 10.7 Å². The molecule has 6 heteroatoms. The van der Waals surface area contributed by atoms with E-state index in [-0.39, 0.29) is 24.7 Å². The summed E-state index contributed by atoms with van der Waals surface area (Å²) in [7, 11) is 1.51. The average molecular weight is 208 g/mol. The van der Waals surface area contributed by atoms with Crippen LogP contribution in [0.25, 0.3) is 0 Å². The Hall–Kier alpha value is -2.03. The van der Waals surface area contributed by atoms with Gasteiger partial charge in [-0.25, -0.2) is 4.79 Å². The maximum absolute atomic E-state index is 11.3. The molecule has 0 saturated carbocycles. The van der Waals surface area contributed by atoms with Crippen LogP contribution in [0.3, 0.4) is 0 Å². The van der Waals surface area contributed by atoms with Crippen molar-refractivity contribution in [1.82, 2.24) is 10.2 Å². The first-order valence-corrected chi connectivity index (χ1v) is 4.38. The number of urea groups is 1. The van der Waals surface area contributed by atoms with Crippen LogP contribution >= 0.6 is 0 Å². The molecule has 0 radical (unpaired) electrons. The van der Waals surface area contributed by atoms with Crippen molar-refractivity contribution in [3.63, 3.8) is 0 Å². The maximum atomic E-state index is 11.3. The van der Waals surface area contributed by atoms with Gasteiger partial charge in [0.15, 0.2) is 0 Å². The molecule has 0 spiro atoms. The third-order valence-electron chi connectivity index (χ3n) is 2.11. The van der Waals surface area contributed by atoms with Crippen molar-refractivity contribution < 1.29 is 9.59 Å². The molecule has 15 heavy (non-hydrogen) atoms. The van der Waals surface area contributed by atoms with E-state index >= 15 is 0 Å². The zero-order chi connectivity index (χ0) is 11.4. The molecule has 0 saturated heterocycles. The number of hydrogen-bond donors (Lipinski definition) is 2. The topological polar surface area (TPSA) is 87.8 Å². The smallest absolute Gasteiger partial charge is 0.346 e. The molecular formula is C9H12N4O2. The van der Waals surface area contributed by atoms with E-state index in [9.17, 15) is 9.59 Å². The summed E-state index contributed by atoms with van der Waals surface area (Å²) in [5.74, 6) is 2.25. The molecule has 1 heterocycles. The highest BCUT2D eigenvalue weighted by Crippen LogP contribution is 2.13. The van der Waals surface area contributed by atoms with Gasteiger partial charge in [-0.2, -0.15) is 4.99 Å². The molecule has 0 aromatic heterocycles. The van der Waals surface area contributed by atoms with Gasteiger partial charge in [0.25, 0.3) is 0 Å². The normalized spacial score (nSPS) is 19.7. The number of nitrogens with zero attached hydrogens (tertiary/aromatic N) is 2. The molecule has 1 atom stereocenters. The fourth-order valence-corrected chi connectivity index (χ4v) is 1.31. The first kappa shape index (κ1) is 11.0. The molecular weight excluding hydrogens is 196 g/mol. The lowest BCUT2D eigenvalue weighted by Gasteiger charge is -2.20. The number of hydrogen-bond acceptors (Lipinski definition) is 3. The number of terminal acetylenes is 1.